The molecule has 0 aliphatic carbocycles. The lowest BCUT2D eigenvalue weighted by Crippen LogP contribution is -1.92. The van der Waals surface area contributed by atoms with Crippen LogP contribution in [0, 0.1) is 5.82 Å². The number of thiophene rings is 1. The lowest BCUT2D eigenvalue weighted by molar-refractivity contribution is 0.626. The topological polar surface area (TPSA) is 0 Å². The molecule has 1 aromatic heterocycles. The van der Waals surface area contributed by atoms with Crippen molar-refractivity contribution in [2.75, 3.05) is 0 Å². The number of alkyl halides is 1. The molecule has 1 aromatic carbocycles. The molecule has 5 heteroatoms. The molecule has 1 unspecified atom stereocenters. The van der Waals surface area contributed by atoms with Gasteiger partial charge in [-0.1, -0.05) is 39.7 Å². The smallest absolute Gasteiger partial charge is 0.142 e. The zero-order valence-electron chi connectivity index (χ0n) is 7.88. The van der Waals surface area contributed by atoms with E-state index in [9.17, 15) is 4.39 Å². The average Bonchev–Trinajstić information content (AvgIpc) is 2.68. The molecular weight excluding hydrogens is 378 g/mol. The molecule has 0 fully saturated rings. The number of hydrogen-bond donors (Lipinski definition) is 0. The van der Waals surface area contributed by atoms with E-state index in [-0.39, 0.29) is 15.7 Å². The van der Waals surface area contributed by atoms with Crippen LogP contribution in [0.4, 0.5) is 4.39 Å². The molecule has 0 nitrogen and oxygen atoms in total. The highest BCUT2D eigenvalue weighted by Gasteiger charge is 2.17. The highest BCUT2D eigenvalue weighted by molar-refractivity contribution is 9.11. The summed E-state index contributed by atoms with van der Waals surface area (Å²) in [7, 11) is 0. The fourth-order valence-electron chi connectivity index (χ4n) is 1.33. The Morgan fingerprint density at radius 1 is 1.25 bits per heavy atom. The third-order valence-electron chi connectivity index (χ3n) is 2.10. The maximum absolute atomic E-state index is 13.3. The van der Waals surface area contributed by atoms with Crippen LogP contribution in [0.2, 0.25) is 5.02 Å². The first-order valence-electron chi connectivity index (χ1n) is 4.43. The second-order valence-corrected chi connectivity index (χ2v) is 6.94. The molecule has 0 N–H and O–H groups in total. The molecule has 0 aliphatic rings. The van der Waals surface area contributed by atoms with Crippen molar-refractivity contribution < 1.29 is 4.39 Å². The molecule has 0 amide bonds. The lowest BCUT2D eigenvalue weighted by atomic mass is 10.1. The van der Waals surface area contributed by atoms with E-state index in [2.05, 4.69) is 31.9 Å². The van der Waals surface area contributed by atoms with Gasteiger partial charge in [0, 0.05) is 4.88 Å². The van der Waals surface area contributed by atoms with Crippen LogP contribution in [0.1, 0.15) is 15.3 Å². The van der Waals surface area contributed by atoms with Crippen molar-refractivity contribution in [1.29, 1.82) is 0 Å². The molecule has 1 atom stereocenters. The Morgan fingerprint density at radius 2 is 2.00 bits per heavy atom. The van der Waals surface area contributed by atoms with Crippen molar-refractivity contribution >= 4 is 54.8 Å². The van der Waals surface area contributed by atoms with Crippen LogP contribution in [0.25, 0.3) is 0 Å². The Balaban J connectivity index is 2.41. The molecular formula is C11H6Br2ClFS. The SMILES string of the molecule is Fc1cccc(C(Br)c2ccc(Br)s2)c1Cl. The zero-order chi connectivity index (χ0) is 11.7. The molecule has 0 aliphatic heterocycles. The summed E-state index contributed by atoms with van der Waals surface area (Å²) in [6.45, 7) is 0. The standard InChI is InChI=1S/C11H6Br2ClFS/c12-9-5-4-8(16-9)10(13)6-2-1-3-7(15)11(6)14/h1-5,10H. The van der Waals surface area contributed by atoms with Crippen molar-refractivity contribution in [3.8, 4) is 0 Å². The number of hydrogen-bond acceptors (Lipinski definition) is 1. The average molecular weight is 384 g/mol. The fraction of sp³-hybridized carbons (Fsp3) is 0.0909. The highest BCUT2D eigenvalue weighted by Crippen LogP contribution is 2.40. The summed E-state index contributed by atoms with van der Waals surface area (Å²) in [5.74, 6) is -0.390. The molecule has 0 saturated carbocycles. The Hall–Kier alpha value is 0.1000. The molecule has 84 valence electrons. The van der Waals surface area contributed by atoms with Crippen molar-refractivity contribution in [3.05, 3.63) is 55.4 Å². The van der Waals surface area contributed by atoms with Crippen LogP contribution >= 0.6 is 54.8 Å². The largest absolute Gasteiger partial charge is 0.205 e. The van der Waals surface area contributed by atoms with Crippen LogP contribution in [0.3, 0.4) is 0 Å². The predicted molar refractivity (Wildman–Crippen MR) is 74.2 cm³/mol. The Morgan fingerprint density at radius 3 is 2.62 bits per heavy atom. The molecule has 0 saturated heterocycles. The molecule has 0 spiro atoms. The first-order chi connectivity index (χ1) is 7.59. The maximum Gasteiger partial charge on any atom is 0.142 e. The summed E-state index contributed by atoms with van der Waals surface area (Å²) in [6.07, 6.45) is 0. The summed E-state index contributed by atoms with van der Waals surface area (Å²) in [5, 5.41) is 0.175. The summed E-state index contributed by atoms with van der Waals surface area (Å²) in [5.41, 5.74) is 0.746. The van der Waals surface area contributed by atoms with Gasteiger partial charge in [-0.25, -0.2) is 4.39 Å². The molecule has 2 rings (SSSR count). The molecule has 2 aromatic rings. The minimum absolute atomic E-state index is 0.0769. The van der Waals surface area contributed by atoms with Gasteiger partial charge >= 0.3 is 0 Å². The van der Waals surface area contributed by atoms with Crippen LogP contribution in [0.5, 0.6) is 0 Å². The van der Waals surface area contributed by atoms with E-state index >= 15 is 0 Å². The second-order valence-electron chi connectivity index (χ2n) is 3.15. The van der Waals surface area contributed by atoms with Crippen molar-refractivity contribution in [1.82, 2.24) is 0 Å². The molecule has 1 heterocycles. The monoisotopic (exact) mass is 382 g/mol. The van der Waals surface area contributed by atoms with Gasteiger partial charge in [-0.3, -0.25) is 0 Å². The van der Waals surface area contributed by atoms with Gasteiger partial charge < -0.3 is 0 Å². The Kier molecular flexibility index (Phi) is 4.06. The number of benzene rings is 1. The van der Waals surface area contributed by atoms with Gasteiger partial charge in [-0.05, 0) is 39.7 Å². The van der Waals surface area contributed by atoms with Gasteiger partial charge in [0.1, 0.15) is 5.82 Å². The van der Waals surface area contributed by atoms with Crippen LogP contribution in [-0.2, 0) is 0 Å². The van der Waals surface area contributed by atoms with E-state index in [0.29, 0.717) is 0 Å². The Labute approximate surface area is 119 Å². The molecule has 0 radical (unpaired) electrons. The van der Waals surface area contributed by atoms with Gasteiger partial charge in [-0.2, -0.15) is 0 Å². The second kappa shape index (κ2) is 5.17. The first-order valence-corrected chi connectivity index (χ1v) is 7.33. The van der Waals surface area contributed by atoms with Crippen molar-refractivity contribution in [3.63, 3.8) is 0 Å². The van der Waals surface area contributed by atoms with Crippen LogP contribution < -0.4 is 0 Å². The van der Waals surface area contributed by atoms with Gasteiger partial charge in [-0.15, -0.1) is 11.3 Å². The summed E-state index contributed by atoms with van der Waals surface area (Å²) in [6, 6.07) is 8.78. The zero-order valence-corrected chi connectivity index (χ0v) is 12.6. The third kappa shape index (κ3) is 2.50. The van der Waals surface area contributed by atoms with E-state index in [0.717, 1.165) is 14.2 Å². The number of halogens is 4. The van der Waals surface area contributed by atoms with E-state index in [4.69, 9.17) is 11.6 Å². The third-order valence-corrected chi connectivity index (χ3v) is 5.48. The van der Waals surface area contributed by atoms with Gasteiger partial charge in [0.25, 0.3) is 0 Å². The first kappa shape index (κ1) is 12.6. The molecule has 16 heavy (non-hydrogen) atoms. The lowest BCUT2D eigenvalue weighted by Gasteiger charge is -2.10. The fourth-order valence-corrected chi connectivity index (χ4v) is 3.94. The minimum Gasteiger partial charge on any atom is -0.205 e. The van der Waals surface area contributed by atoms with E-state index in [1.54, 1.807) is 17.4 Å². The van der Waals surface area contributed by atoms with E-state index < -0.39 is 0 Å². The quantitative estimate of drug-likeness (QED) is 0.575. The van der Waals surface area contributed by atoms with Crippen LogP contribution in [-0.4, -0.2) is 0 Å². The molecule has 0 bridgehead atoms. The maximum atomic E-state index is 13.3. The highest BCUT2D eigenvalue weighted by atomic mass is 79.9. The van der Waals surface area contributed by atoms with Crippen LogP contribution in [0.15, 0.2) is 34.1 Å². The van der Waals surface area contributed by atoms with Gasteiger partial charge in [0.15, 0.2) is 0 Å². The minimum atomic E-state index is -0.390. The summed E-state index contributed by atoms with van der Waals surface area (Å²) < 4.78 is 14.3. The van der Waals surface area contributed by atoms with E-state index in [1.165, 1.54) is 6.07 Å². The van der Waals surface area contributed by atoms with Gasteiger partial charge in [0.05, 0.1) is 13.6 Å². The summed E-state index contributed by atoms with van der Waals surface area (Å²) in [4.78, 5) is 1.01. The van der Waals surface area contributed by atoms with Gasteiger partial charge in [0.2, 0.25) is 0 Å². The summed E-state index contributed by atoms with van der Waals surface area (Å²) >= 11 is 14.5. The van der Waals surface area contributed by atoms with Crippen molar-refractivity contribution in [2.24, 2.45) is 0 Å². The normalized spacial score (nSPS) is 12.8. The predicted octanol–water partition coefficient (Wildman–Crippen LogP) is 5.79. The number of rotatable bonds is 2. The van der Waals surface area contributed by atoms with Crippen molar-refractivity contribution in [2.45, 2.75) is 4.83 Å². The Bertz CT molecular complexity index is 512. The van der Waals surface area contributed by atoms with E-state index in [1.807, 2.05) is 18.2 Å².